The van der Waals surface area contributed by atoms with Crippen molar-refractivity contribution >= 4 is 5.78 Å². The van der Waals surface area contributed by atoms with Crippen LogP contribution in [0.3, 0.4) is 0 Å². The SMILES string of the molecule is C.CCCCC/C=C\C/C=C\CCCCCCCCCC(=O)CCCCCCCCC.CCCCC/C=C\C/C=C\CCCCCCCCCC(C#N)CCCCCCCCC. The summed E-state index contributed by atoms with van der Waals surface area (Å²) in [5, 5.41) is 9.37. The minimum Gasteiger partial charge on any atom is -0.300 e. The van der Waals surface area contributed by atoms with Crippen LogP contribution in [0.15, 0.2) is 48.6 Å². The van der Waals surface area contributed by atoms with E-state index in [0.717, 1.165) is 51.4 Å². The molecule has 0 aromatic rings. The predicted octanol–water partition coefficient (Wildman–Crippen LogP) is 21.8. The first-order valence-electron chi connectivity index (χ1n) is 27.7. The summed E-state index contributed by atoms with van der Waals surface area (Å²) in [5.74, 6) is 0.819. The molecule has 2 heteroatoms. The highest BCUT2D eigenvalue weighted by molar-refractivity contribution is 5.78. The van der Waals surface area contributed by atoms with Crippen LogP contribution >= 0.6 is 0 Å². The Morgan fingerprint density at radius 3 is 0.903 bits per heavy atom. The van der Waals surface area contributed by atoms with Crippen molar-refractivity contribution in [2.24, 2.45) is 5.92 Å². The van der Waals surface area contributed by atoms with Crippen molar-refractivity contribution in [1.29, 1.82) is 5.26 Å². The number of hydrogen-bond donors (Lipinski definition) is 0. The molecule has 0 aliphatic carbocycles. The monoisotopic (exact) mass is 864 g/mol. The molecule has 0 amide bonds. The zero-order chi connectivity index (χ0) is 44.6. The van der Waals surface area contributed by atoms with E-state index >= 15 is 0 Å². The van der Waals surface area contributed by atoms with E-state index in [1.54, 1.807) is 0 Å². The van der Waals surface area contributed by atoms with E-state index in [4.69, 9.17) is 0 Å². The fourth-order valence-electron chi connectivity index (χ4n) is 8.07. The number of carbonyl (C=O) groups is 1. The molecule has 0 aliphatic heterocycles. The van der Waals surface area contributed by atoms with Gasteiger partial charge in [-0.2, -0.15) is 5.26 Å². The number of nitrogens with zero attached hydrogens (tertiary/aromatic N) is 1. The first kappa shape index (κ1) is 64.4. The topological polar surface area (TPSA) is 40.9 Å². The number of carbonyl (C=O) groups excluding carboxylic acids is 1. The Kier molecular flexibility index (Phi) is 63.6. The van der Waals surface area contributed by atoms with Gasteiger partial charge >= 0.3 is 0 Å². The van der Waals surface area contributed by atoms with Crippen molar-refractivity contribution in [3.63, 3.8) is 0 Å². The van der Waals surface area contributed by atoms with Crippen LogP contribution in [0.2, 0.25) is 0 Å². The number of Topliss-reactive ketones (excluding diaryl/α,β-unsaturated/α-hetero) is 1. The third-order valence-electron chi connectivity index (χ3n) is 12.3. The molecule has 0 N–H and O–H groups in total. The second kappa shape index (κ2) is 61.2. The highest BCUT2D eigenvalue weighted by atomic mass is 16.1. The number of unbranched alkanes of at least 4 members (excludes halogenated alkanes) is 32. The molecule has 0 spiro atoms. The van der Waals surface area contributed by atoms with Crippen molar-refractivity contribution in [3.05, 3.63) is 48.6 Å². The molecule has 0 bridgehead atoms. The number of nitriles is 1. The lowest BCUT2D eigenvalue weighted by molar-refractivity contribution is -0.119. The van der Waals surface area contributed by atoms with Gasteiger partial charge in [-0.25, -0.2) is 0 Å². The van der Waals surface area contributed by atoms with Crippen LogP contribution in [-0.2, 0) is 4.79 Å². The molecular weight excluding hydrogens is 751 g/mol. The Morgan fingerprint density at radius 1 is 0.355 bits per heavy atom. The molecule has 0 fully saturated rings. The Morgan fingerprint density at radius 2 is 0.597 bits per heavy atom. The zero-order valence-corrected chi connectivity index (χ0v) is 42.2. The molecular formula is C60H113NO. The van der Waals surface area contributed by atoms with Gasteiger partial charge in [0.25, 0.3) is 0 Å². The Balaban J connectivity index is -0.00000111. The van der Waals surface area contributed by atoms with Crippen molar-refractivity contribution in [1.82, 2.24) is 0 Å². The van der Waals surface area contributed by atoms with E-state index in [2.05, 4.69) is 82.4 Å². The van der Waals surface area contributed by atoms with Crippen LogP contribution in [-0.4, -0.2) is 5.78 Å². The molecule has 0 radical (unpaired) electrons. The normalized spacial score (nSPS) is 12.0. The molecule has 1 atom stereocenters. The van der Waals surface area contributed by atoms with Gasteiger partial charge in [-0.3, -0.25) is 4.79 Å². The van der Waals surface area contributed by atoms with E-state index in [1.165, 1.54) is 231 Å². The van der Waals surface area contributed by atoms with Gasteiger partial charge in [0, 0.05) is 18.8 Å². The van der Waals surface area contributed by atoms with Crippen molar-refractivity contribution in [2.75, 3.05) is 0 Å². The van der Waals surface area contributed by atoms with Crippen LogP contribution in [0.1, 0.15) is 318 Å². The second-order valence-corrected chi connectivity index (χ2v) is 18.6. The largest absolute Gasteiger partial charge is 0.300 e. The van der Waals surface area contributed by atoms with Gasteiger partial charge in [0.2, 0.25) is 0 Å². The van der Waals surface area contributed by atoms with Gasteiger partial charge in [-0.1, -0.05) is 264 Å². The molecule has 0 heterocycles. The maximum absolute atomic E-state index is 11.9. The average molecular weight is 865 g/mol. The molecule has 0 aromatic heterocycles. The van der Waals surface area contributed by atoms with E-state index < -0.39 is 0 Å². The summed E-state index contributed by atoms with van der Waals surface area (Å²) in [5.41, 5.74) is 0. The predicted molar refractivity (Wildman–Crippen MR) is 283 cm³/mol. The molecule has 0 aliphatic rings. The van der Waals surface area contributed by atoms with E-state index in [-0.39, 0.29) is 7.43 Å². The van der Waals surface area contributed by atoms with Crippen LogP contribution in [0.25, 0.3) is 0 Å². The summed E-state index contributed by atoms with van der Waals surface area (Å²) in [7, 11) is 0. The summed E-state index contributed by atoms with van der Waals surface area (Å²) in [6.07, 6.45) is 74.8. The van der Waals surface area contributed by atoms with Crippen LogP contribution < -0.4 is 0 Å². The second-order valence-electron chi connectivity index (χ2n) is 18.6. The van der Waals surface area contributed by atoms with Gasteiger partial charge in [0.05, 0.1) is 6.07 Å². The van der Waals surface area contributed by atoms with Gasteiger partial charge in [0.15, 0.2) is 0 Å². The molecule has 0 saturated carbocycles. The quantitative estimate of drug-likeness (QED) is 0.0452. The molecule has 1 unspecified atom stereocenters. The minimum atomic E-state index is 0. The standard InChI is InChI=1S/C30H55N.C29H54O.CH4/c1-3-5-7-9-11-12-13-14-15-16-17-18-19-20-22-24-26-28-30(29-31)27-25-23-21-10-8-6-4-2;1-3-5-7-9-11-12-13-14-15-16-17-18-19-20-22-24-26-28-29(30)27-25-23-21-10-8-6-4-2;/h11-12,14-15,30H,3-10,13,16-28H2,1-2H3;11-12,14-15H,3-10,13,16-28H2,1-2H3;1H4/b2*12-11-,15-14-;. The molecule has 0 saturated heterocycles. The molecule has 0 aromatic carbocycles. The van der Waals surface area contributed by atoms with Crippen molar-refractivity contribution in [2.45, 2.75) is 318 Å². The Hall–Kier alpha value is -1.88. The highest BCUT2D eigenvalue weighted by Crippen LogP contribution is 2.19. The van der Waals surface area contributed by atoms with Crippen molar-refractivity contribution < 1.29 is 4.79 Å². The van der Waals surface area contributed by atoms with Gasteiger partial charge in [-0.05, 0) is 89.9 Å². The summed E-state index contributed by atoms with van der Waals surface area (Å²) >= 11 is 0. The number of rotatable bonds is 48. The van der Waals surface area contributed by atoms with Crippen LogP contribution in [0, 0.1) is 17.2 Å². The number of ketones is 1. The third-order valence-corrected chi connectivity index (χ3v) is 12.3. The van der Waals surface area contributed by atoms with Crippen LogP contribution in [0.4, 0.5) is 0 Å². The maximum atomic E-state index is 11.9. The lowest BCUT2D eigenvalue weighted by Crippen LogP contribution is -1.97. The van der Waals surface area contributed by atoms with Gasteiger partial charge in [0.1, 0.15) is 5.78 Å². The Labute approximate surface area is 392 Å². The highest BCUT2D eigenvalue weighted by Gasteiger charge is 2.07. The van der Waals surface area contributed by atoms with E-state index in [0.29, 0.717) is 11.7 Å². The molecule has 2 nitrogen and oxygen atoms in total. The van der Waals surface area contributed by atoms with Gasteiger partial charge < -0.3 is 0 Å². The molecule has 62 heavy (non-hydrogen) atoms. The summed E-state index contributed by atoms with van der Waals surface area (Å²) < 4.78 is 0. The fourth-order valence-corrected chi connectivity index (χ4v) is 8.07. The maximum Gasteiger partial charge on any atom is 0.132 e. The van der Waals surface area contributed by atoms with E-state index in [9.17, 15) is 10.1 Å². The van der Waals surface area contributed by atoms with Crippen molar-refractivity contribution in [3.8, 4) is 6.07 Å². The Bertz CT molecular complexity index is 981. The zero-order valence-electron chi connectivity index (χ0n) is 42.2. The fraction of sp³-hybridized carbons (Fsp3) is 0.833. The molecule has 364 valence electrons. The first-order chi connectivity index (χ1) is 30.2. The lowest BCUT2D eigenvalue weighted by atomic mass is 9.95. The third kappa shape index (κ3) is 60.2. The first-order valence-corrected chi connectivity index (χ1v) is 27.7. The molecule has 0 rings (SSSR count). The summed E-state index contributed by atoms with van der Waals surface area (Å²) in [6, 6.07) is 2.56. The number of allylic oxidation sites excluding steroid dienone is 8. The summed E-state index contributed by atoms with van der Waals surface area (Å²) in [6.45, 7) is 9.05. The van der Waals surface area contributed by atoms with Gasteiger partial charge in [-0.15, -0.1) is 0 Å². The minimum absolute atomic E-state index is 0. The lowest BCUT2D eigenvalue weighted by Gasteiger charge is -2.09. The number of hydrogen-bond acceptors (Lipinski definition) is 2. The van der Waals surface area contributed by atoms with Crippen LogP contribution in [0.5, 0.6) is 0 Å². The van der Waals surface area contributed by atoms with E-state index in [1.807, 2.05) is 0 Å². The smallest absolute Gasteiger partial charge is 0.132 e. The average Bonchev–Trinajstić information content (AvgIpc) is 3.27. The summed E-state index contributed by atoms with van der Waals surface area (Å²) in [4.78, 5) is 11.9.